The number of benzene rings is 1. The van der Waals surface area contributed by atoms with Gasteiger partial charge in [-0.3, -0.25) is 0 Å². The Labute approximate surface area is 93.8 Å². The average molecular weight is 247 g/mol. The Balaban J connectivity index is 0. The molecular weight excluding hydrogens is 233 g/mol. The van der Waals surface area contributed by atoms with E-state index < -0.39 is 5.97 Å². The van der Waals surface area contributed by atoms with Crippen LogP contribution >= 0.6 is 0 Å². The van der Waals surface area contributed by atoms with Crippen LogP contribution in [-0.2, 0) is 23.1 Å². The summed E-state index contributed by atoms with van der Waals surface area (Å²) in [4.78, 5) is 9.25. The van der Waals surface area contributed by atoms with Crippen LogP contribution in [0.25, 0.3) is 0 Å². The molecule has 1 aromatic carbocycles. The fourth-order valence-corrected chi connectivity index (χ4v) is 0.428. The normalized spacial score (nSPS) is 7.07. The van der Waals surface area contributed by atoms with E-state index in [1.807, 2.05) is 6.07 Å². The Hall–Kier alpha value is -1.15. The number of para-hydroxylation sites is 1. The summed E-state index contributed by atoms with van der Waals surface area (Å²) >= 11 is 1.38. The molecule has 14 heavy (non-hydrogen) atoms. The minimum atomic E-state index is -0.981. The number of aliphatic carboxylic acids is 1. The van der Waals surface area contributed by atoms with E-state index in [1.165, 1.54) is 18.3 Å². The number of carbonyl (C=O) groups is 1. The van der Waals surface area contributed by atoms with Crippen molar-refractivity contribution in [2.24, 2.45) is 0 Å². The summed E-state index contributed by atoms with van der Waals surface area (Å²) in [6, 6.07) is 8.71. The second-order valence-electron chi connectivity index (χ2n) is 1.88. The molecule has 0 heterocycles. The summed E-state index contributed by atoms with van der Waals surface area (Å²) in [7, 11) is 0. The molecule has 73 valence electrons. The number of hydrogen-bond acceptors (Lipinski definition) is 2. The molecule has 0 bridgehead atoms. The standard InChI is InChI=1S/C6H6O.C3H4O2.CH3.Zn/c7-6-4-2-1-3-5-6;1-2-3(4)5;;/h1-5,7H;2H,1H2,(H,4,5);1H3;. The Morgan fingerprint density at radius 2 is 1.71 bits per heavy atom. The third-order valence-electron chi connectivity index (χ3n) is 0.931. The molecule has 3 nitrogen and oxygen atoms in total. The van der Waals surface area contributed by atoms with Gasteiger partial charge in [-0.25, -0.2) is 4.79 Å². The van der Waals surface area contributed by atoms with Crippen molar-refractivity contribution >= 4 is 5.97 Å². The fraction of sp³-hybridized carbons (Fsp3) is 0.100. The van der Waals surface area contributed by atoms with E-state index in [0.717, 1.165) is 6.08 Å². The van der Waals surface area contributed by atoms with E-state index in [9.17, 15) is 4.79 Å². The number of carboxylic acids is 1. The summed E-state index contributed by atoms with van der Waals surface area (Å²) in [6.45, 7) is 2.96. The van der Waals surface area contributed by atoms with Crippen molar-refractivity contribution in [3.05, 3.63) is 43.0 Å². The van der Waals surface area contributed by atoms with Gasteiger partial charge in [0.2, 0.25) is 0 Å². The van der Waals surface area contributed by atoms with Gasteiger partial charge in [-0.1, -0.05) is 24.8 Å². The third kappa shape index (κ3) is 13.4. The monoisotopic (exact) mass is 245 g/mol. The first-order valence-electron chi connectivity index (χ1n) is 3.97. The molecule has 4 heteroatoms. The number of phenolic OH excluding ortho intramolecular Hbond substituents is 1. The zero-order valence-electron chi connectivity index (χ0n) is 8.18. The number of hydrogen-bond donors (Lipinski definition) is 2. The number of aromatic hydroxyl groups is 1. The van der Waals surface area contributed by atoms with E-state index in [-0.39, 0.29) is 0 Å². The van der Waals surface area contributed by atoms with Gasteiger partial charge >= 0.3 is 29.8 Å². The predicted octanol–water partition coefficient (Wildman–Crippen LogP) is 2.23. The molecule has 0 aliphatic heterocycles. The summed E-state index contributed by atoms with van der Waals surface area (Å²) in [6.07, 6.45) is 0.833. The first-order valence-corrected chi connectivity index (χ1v) is 6.93. The first-order chi connectivity index (χ1) is 6.66. The topological polar surface area (TPSA) is 57.5 Å². The van der Waals surface area contributed by atoms with Gasteiger partial charge in [-0.2, -0.15) is 0 Å². The molecule has 0 unspecified atom stereocenters. The zero-order chi connectivity index (χ0) is 11.4. The third-order valence-corrected chi connectivity index (χ3v) is 0.931. The van der Waals surface area contributed by atoms with Crippen LogP contribution in [-0.4, -0.2) is 16.2 Å². The molecule has 0 atom stereocenters. The molecule has 2 N–H and O–H groups in total. The fourth-order valence-electron chi connectivity index (χ4n) is 0.428. The summed E-state index contributed by atoms with van der Waals surface area (Å²) < 4.78 is 0. The van der Waals surface area contributed by atoms with Crippen LogP contribution in [0.4, 0.5) is 0 Å². The molecule has 0 aromatic heterocycles. The predicted molar refractivity (Wildman–Crippen MR) is 51.8 cm³/mol. The quantitative estimate of drug-likeness (QED) is 0.590. The molecule has 0 saturated heterocycles. The molecule has 0 aliphatic carbocycles. The molecular formula is C10H13O3Zn. The van der Waals surface area contributed by atoms with Crippen LogP contribution < -0.4 is 0 Å². The number of rotatable bonds is 1. The number of phenols is 1. The Kier molecular flexibility index (Phi) is 13.0. The van der Waals surface area contributed by atoms with Crippen LogP contribution in [0, 0.1) is 0 Å². The van der Waals surface area contributed by atoms with Crippen molar-refractivity contribution in [3.63, 3.8) is 0 Å². The zero-order valence-corrected chi connectivity index (χ0v) is 11.1. The SMILES string of the molecule is C=CC(=O)O.Oc1ccccc1.[CH3][Zn]. The van der Waals surface area contributed by atoms with Gasteiger partial charge in [0.25, 0.3) is 0 Å². The first kappa shape index (κ1) is 15.3. The molecule has 1 aromatic rings. The Bertz CT molecular complexity index is 247. The van der Waals surface area contributed by atoms with Crippen LogP contribution in [0.3, 0.4) is 0 Å². The van der Waals surface area contributed by atoms with Crippen molar-refractivity contribution < 1.29 is 33.3 Å². The van der Waals surface area contributed by atoms with E-state index in [1.54, 1.807) is 24.3 Å². The van der Waals surface area contributed by atoms with E-state index in [2.05, 4.69) is 12.1 Å². The minimum absolute atomic E-state index is 0.322. The van der Waals surface area contributed by atoms with Crippen molar-refractivity contribution in [1.29, 1.82) is 0 Å². The Morgan fingerprint density at radius 3 is 1.86 bits per heavy atom. The molecule has 0 fully saturated rings. The van der Waals surface area contributed by atoms with Gasteiger partial charge < -0.3 is 10.2 Å². The van der Waals surface area contributed by atoms with E-state index in [4.69, 9.17) is 10.2 Å². The van der Waals surface area contributed by atoms with Crippen molar-refractivity contribution in [3.8, 4) is 5.75 Å². The van der Waals surface area contributed by atoms with Crippen LogP contribution in [0.5, 0.6) is 5.75 Å². The van der Waals surface area contributed by atoms with Crippen LogP contribution in [0.1, 0.15) is 0 Å². The molecule has 0 amide bonds. The molecule has 1 rings (SSSR count). The summed E-state index contributed by atoms with van der Waals surface area (Å²) in [5.74, 6) is -0.660. The second kappa shape index (κ2) is 11.9. The maximum absolute atomic E-state index is 9.25. The Morgan fingerprint density at radius 1 is 1.36 bits per heavy atom. The maximum atomic E-state index is 9.25. The van der Waals surface area contributed by atoms with Gasteiger partial charge in [-0.05, 0) is 12.1 Å². The van der Waals surface area contributed by atoms with Gasteiger partial charge in [-0.15, -0.1) is 0 Å². The summed E-state index contributed by atoms with van der Waals surface area (Å²) in [5, 5.41) is 16.2. The van der Waals surface area contributed by atoms with E-state index in [0.29, 0.717) is 5.75 Å². The molecule has 0 aliphatic rings. The number of carboxylic acid groups (broad SMARTS) is 1. The van der Waals surface area contributed by atoms with Crippen molar-refractivity contribution in [1.82, 2.24) is 0 Å². The second-order valence-corrected chi connectivity index (χ2v) is 1.88. The summed E-state index contributed by atoms with van der Waals surface area (Å²) in [5.41, 5.74) is 2.12. The van der Waals surface area contributed by atoms with Gasteiger partial charge in [0.05, 0.1) is 0 Å². The molecule has 0 spiro atoms. The molecule has 0 radical (unpaired) electrons. The van der Waals surface area contributed by atoms with Gasteiger partial charge in [0, 0.05) is 6.08 Å². The van der Waals surface area contributed by atoms with Gasteiger partial charge in [0.15, 0.2) is 0 Å². The van der Waals surface area contributed by atoms with Crippen LogP contribution in [0.15, 0.2) is 43.0 Å². The molecule has 0 saturated carbocycles. The van der Waals surface area contributed by atoms with Crippen molar-refractivity contribution in [2.75, 3.05) is 0 Å². The average Bonchev–Trinajstić information content (AvgIpc) is 2.23. The van der Waals surface area contributed by atoms with Gasteiger partial charge in [0.1, 0.15) is 5.75 Å². The van der Waals surface area contributed by atoms with E-state index >= 15 is 0 Å². The van der Waals surface area contributed by atoms with Crippen LogP contribution in [0.2, 0.25) is 5.52 Å². The van der Waals surface area contributed by atoms with Crippen molar-refractivity contribution in [2.45, 2.75) is 5.52 Å².